The van der Waals surface area contributed by atoms with Crippen LogP contribution in [0.15, 0.2) is 71.8 Å². The van der Waals surface area contributed by atoms with Crippen LogP contribution in [0.4, 0.5) is 11.6 Å². The van der Waals surface area contributed by atoms with Crippen molar-refractivity contribution in [2.45, 2.75) is 6.92 Å². The van der Waals surface area contributed by atoms with E-state index in [-0.39, 0.29) is 0 Å². The van der Waals surface area contributed by atoms with E-state index in [9.17, 15) is 0 Å². The van der Waals surface area contributed by atoms with Crippen molar-refractivity contribution in [2.75, 3.05) is 49.8 Å². The van der Waals surface area contributed by atoms with Crippen molar-refractivity contribution in [3.63, 3.8) is 0 Å². The lowest BCUT2D eigenvalue weighted by Gasteiger charge is -2.29. The molecule has 35 heavy (non-hydrogen) atoms. The van der Waals surface area contributed by atoms with Crippen molar-refractivity contribution in [2.24, 2.45) is 5.10 Å². The lowest BCUT2D eigenvalue weighted by atomic mass is 10.2. The smallest absolute Gasteiger partial charge is 0.235 e. The Kier molecular flexibility index (Phi) is 7.05. The average Bonchev–Trinajstić information content (AvgIpc) is 3.30. The van der Waals surface area contributed by atoms with Crippen molar-refractivity contribution >= 4 is 23.5 Å². The minimum absolute atomic E-state index is 0.373. The standard InChI is InChI=1S/C26H28N6O3/c1-20-6-5-7-21(16-20)19-27-29-23-17-26(31-10-12-33-13-11-31)32-24(28-23)18-25(30-32)35-15-14-34-22-8-3-2-4-9-22/h2-9,16-19H,10-15H2,1H3,(H,28,29). The number of benzene rings is 2. The molecule has 9 nitrogen and oxygen atoms in total. The Labute approximate surface area is 204 Å². The summed E-state index contributed by atoms with van der Waals surface area (Å²) in [4.78, 5) is 6.91. The minimum atomic E-state index is 0.373. The second-order valence-electron chi connectivity index (χ2n) is 8.15. The van der Waals surface area contributed by atoms with Gasteiger partial charge in [0.1, 0.15) is 24.8 Å². The number of para-hydroxylation sites is 1. The number of hydrogen-bond donors (Lipinski definition) is 1. The molecular formula is C26H28N6O3. The maximum absolute atomic E-state index is 5.85. The van der Waals surface area contributed by atoms with Gasteiger partial charge in [0.2, 0.25) is 5.88 Å². The number of ether oxygens (including phenoxy) is 3. The number of anilines is 2. The van der Waals surface area contributed by atoms with Crippen molar-refractivity contribution in [3.05, 3.63) is 77.9 Å². The topological polar surface area (TPSA) is 85.5 Å². The quantitative estimate of drug-likeness (QED) is 0.225. The fourth-order valence-electron chi connectivity index (χ4n) is 3.83. The molecule has 1 fully saturated rings. The van der Waals surface area contributed by atoms with E-state index in [0.717, 1.165) is 30.2 Å². The van der Waals surface area contributed by atoms with Crippen LogP contribution in [-0.2, 0) is 4.74 Å². The first kappa shape index (κ1) is 22.7. The van der Waals surface area contributed by atoms with Crippen LogP contribution in [0.3, 0.4) is 0 Å². The summed E-state index contributed by atoms with van der Waals surface area (Å²) in [6.45, 7) is 5.72. The molecule has 5 rings (SSSR count). The third-order valence-electron chi connectivity index (χ3n) is 5.50. The van der Waals surface area contributed by atoms with Gasteiger partial charge in [-0.1, -0.05) is 48.0 Å². The summed E-state index contributed by atoms with van der Waals surface area (Å²) in [7, 11) is 0. The molecule has 4 aromatic rings. The zero-order chi connectivity index (χ0) is 23.9. The van der Waals surface area contributed by atoms with Crippen molar-refractivity contribution < 1.29 is 14.2 Å². The summed E-state index contributed by atoms with van der Waals surface area (Å²) < 4.78 is 18.9. The molecule has 1 N–H and O–H groups in total. The second kappa shape index (κ2) is 10.9. The highest BCUT2D eigenvalue weighted by Gasteiger charge is 2.18. The van der Waals surface area contributed by atoms with E-state index in [2.05, 4.69) is 44.6 Å². The summed E-state index contributed by atoms with van der Waals surface area (Å²) in [5, 5.41) is 9.02. The number of nitrogens with one attached hydrogen (secondary N) is 1. The number of aryl methyl sites for hydroxylation is 1. The highest BCUT2D eigenvalue weighted by atomic mass is 16.5. The van der Waals surface area contributed by atoms with Crippen LogP contribution in [0.25, 0.3) is 5.65 Å². The zero-order valence-electron chi connectivity index (χ0n) is 19.6. The lowest BCUT2D eigenvalue weighted by Crippen LogP contribution is -2.37. The number of morpholine rings is 1. The van der Waals surface area contributed by atoms with Gasteiger partial charge in [-0.25, -0.2) is 4.98 Å². The van der Waals surface area contributed by atoms with Crippen LogP contribution >= 0.6 is 0 Å². The Bertz CT molecular complexity index is 1280. The molecule has 180 valence electrons. The summed E-state index contributed by atoms with van der Waals surface area (Å²) in [5.74, 6) is 2.83. The Balaban J connectivity index is 1.32. The lowest BCUT2D eigenvalue weighted by molar-refractivity contribution is 0.122. The van der Waals surface area contributed by atoms with Crippen LogP contribution in [-0.4, -0.2) is 60.3 Å². The van der Waals surface area contributed by atoms with Gasteiger partial charge in [0.05, 0.1) is 19.4 Å². The van der Waals surface area contributed by atoms with Crippen LogP contribution in [0, 0.1) is 6.92 Å². The van der Waals surface area contributed by atoms with Gasteiger partial charge in [0, 0.05) is 25.2 Å². The molecule has 1 saturated heterocycles. The van der Waals surface area contributed by atoms with E-state index in [0.29, 0.717) is 43.8 Å². The number of aromatic nitrogens is 3. The Hall–Kier alpha value is -4.11. The normalized spacial score (nSPS) is 13.9. The summed E-state index contributed by atoms with van der Waals surface area (Å²) in [5.41, 5.74) is 5.93. The number of rotatable bonds is 9. The van der Waals surface area contributed by atoms with E-state index < -0.39 is 0 Å². The monoisotopic (exact) mass is 472 g/mol. The predicted molar refractivity (Wildman–Crippen MR) is 136 cm³/mol. The molecule has 2 aromatic carbocycles. The van der Waals surface area contributed by atoms with Crippen molar-refractivity contribution in [1.29, 1.82) is 0 Å². The van der Waals surface area contributed by atoms with E-state index >= 15 is 0 Å². The second-order valence-corrected chi connectivity index (χ2v) is 8.15. The van der Waals surface area contributed by atoms with Gasteiger partial charge < -0.3 is 19.1 Å². The predicted octanol–water partition coefficient (Wildman–Crippen LogP) is 3.78. The molecule has 0 spiro atoms. The SMILES string of the molecule is Cc1cccc(C=NNc2cc(N3CCOCC3)n3nc(OCCOc4ccccc4)cc3n2)c1. The molecule has 1 aliphatic heterocycles. The molecule has 2 aromatic heterocycles. The molecule has 0 saturated carbocycles. The van der Waals surface area contributed by atoms with Gasteiger partial charge in [-0.3, -0.25) is 5.43 Å². The highest BCUT2D eigenvalue weighted by molar-refractivity contribution is 5.80. The molecule has 0 unspecified atom stereocenters. The van der Waals surface area contributed by atoms with Gasteiger partial charge in [0.25, 0.3) is 0 Å². The van der Waals surface area contributed by atoms with Gasteiger partial charge >= 0.3 is 0 Å². The van der Waals surface area contributed by atoms with Crippen LogP contribution in [0.5, 0.6) is 11.6 Å². The summed E-state index contributed by atoms with van der Waals surface area (Å²) >= 11 is 0. The van der Waals surface area contributed by atoms with E-state index in [1.807, 2.05) is 54.6 Å². The Morgan fingerprint density at radius 1 is 1.00 bits per heavy atom. The number of hydrogen-bond acceptors (Lipinski definition) is 8. The highest BCUT2D eigenvalue weighted by Crippen LogP contribution is 2.24. The molecule has 1 aliphatic rings. The third kappa shape index (κ3) is 5.88. The maximum atomic E-state index is 5.85. The molecule has 0 radical (unpaired) electrons. The molecular weight excluding hydrogens is 444 g/mol. The van der Waals surface area contributed by atoms with Crippen LogP contribution in [0.2, 0.25) is 0 Å². The Morgan fingerprint density at radius 3 is 2.66 bits per heavy atom. The minimum Gasteiger partial charge on any atom is -0.490 e. The third-order valence-corrected chi connectivity index (χ3v) is 5.50. The molecule has 3 heterocycles. The van der Waals surface area contributed by atoms with Gasteiger partial charge in [-0.2, -0.15) is 9.62 Å². The summed E-state index contributed by atoms with van der Waals surface area (Å²) in [6, 6.07) is 21.6. The molecule has 0 atom stereocenters. The number of nitrogens with zero attached hydrogens (tertiary/aromatic N) is 5. The summed E-state index contributed by atoms with van der Waals surface area (Å²) in [6.07, 6.45) is 1.78. The first-order valence-corrected chi connectivity index (χ1v) is 11.6. The van der Waals surface area contributed by atoms with Crippen molar-refractivity contribution in [1.82, 2.24) is 14.6 Å². The van der Waals surface area contributed by atoms with Crippen LogP contribution in [0.1, 0.15) is 11.1 Å². The molecule has 0 bridgehead atoms. The number of hydrazone groups is 1. The van der Waals surface area contributed by atoms with Crippen LogP contribution < -0.4 is 19.8 Å². The number of fused-ring (bicyclic) bond motifs is 1. The first-order valence-electron chi connectivity index (χ1n) is 11.6. The first-order chi connectivity index (χ1) is 17.2. The molecule has 0 aliphatic carbocycles. The average molecular weight is 473 g/mol. The van der Waals surface area contributed by atoms with E-state index in [4.69, 9.17) is 14.2 Å². The van der Waals surface area contributed by atoms with Crippen molar-refractivity contribution in [3.8, 4) is 11.6 Å². The fraction of sp³-hybridized carbons (Fsp3) is 0.269. The molecule has 9 heteroatoms. The van der Waals surface area contributed by atoms with Gasteiger partial charge in [0.15, 0.2) is 11.5 Å². The largest absolute Gasteiger partial charge is 0.490 e. The fourth-order valence-corrected chi connectivity index (χ4v) is 3.83. The van der Waals surface area contributed by atoms with Gasteiger partial charge in [-0.05, 0) is 24.6 Å². The van der Waals surface area contributed by atoms with E-state index in [1.54, 1.807) is 10.7 Å². The van der Waals surface area contributed by atoms with E-state index in [1.165, 1.54) is 5.56 Å². The molecule has 0 amide bonds. The zero-order valence-corrected chi connectivity index (χ0v) is 19.6. The maximum Gasteiger partial charge on any atom is 0.235 e. The van der Waals surface area contributed by atoms with Gasteiger partial charge in [-0.15, -0.1) is 5.10 Å². The Morgan fingerprint density at radius 2 is 1.83 bits per heavy atom.